The number of aliphatic carboxylic acids is 2. The number of rotatable bonds is 6. The molecule has 21 heavy (non-hydrogen) atoms. The van der Waals surface area contributed by atoms with Crippen LogP contribution in [0.3, 0.4) is 0 Å². The second-order valence-electron chi connectivity index (χ2n) is 4.18. The van der Waals surface area contributed by atoms with Crippen LogP contribution in [0.2, 0.25) is 0 Å². The molecule has 1 unspecified atom stereocenters. The molecule has 0 heterocycles. The topological polar surface area (TPSA) is 152 Å². The van der Waals surface area contributed by atoms with Gasteiger partial charge in [-0.15, -0.1) is 0 Å². The summed E-state index contributed by atoms with van der Waals surface area (Å²) in [5.41, 5.74) is -2.83. The van der Waals surface area contributed by atoms with Gasteiger partial charge in [0.15, 0.2) is 17.3 Å². The Kier molecular flexibility index (Phi) is 4.67. The average Bonchev–Trinajstić information content (AvgIpc) is 2.38. The molecule has 0 spiro atoms. The van der Waals surface area contributed by atoms with Crippen molar-refractivity contribution in [2.45, 2.75) is 12.0 Å². The molecular formula is C13H12O8. The van der Waals surface area contributed by atoms with Crippen molar-refractivity contribution < 1.29 is 39.9 Å². The Morgan fingerprint density at radius 1 is 1.10 bits per heavy atom. The summed E-state index contributed by atoms with van der Waals surface area (Å²) in [6.45, 7) is 0. The SMILES string of the molecule is O=C(O)CC(O)(C(=O)O)C(=O)C=Cc1ccc(O)c(O)c1. The standard InChI is InChI=1S/C13H12O8/c14-8-3-1-7(5-9(8)15)2-4-10(16)13(21,12(19)20)6-11(17)18/h1-5,14-15,21H,6H2,(H,17,18)(H,19,20). The molecule has 1 aromatic rings. The van der Waals surface area contributed by atoms with Gasteiger partial charge in [0.25, 0.3) is 0 Å². The summed E-state index contributed by atoms with van der Waals surface area (Å²) in [4.78, 5) is 33.1. The number of carboxylic acids is 2. The lowest BCUT2D eigenvalue weighted by atomic mass is 9.93. The minimum absolute atomic E-state index is 0.238. The van der Waals surface area contributed by atoms with Crippen molar-refractivity contribution in [2.24, 2.45) is 0 Å². The molecule has 5 N–H and O–H groups in total. The maximum absolute atomic E-state index is 11.7. The molecule has 1 atom stereocenters. The number of phenols is 2. The fourth-order valence-electron chi connectivity index (χ4n) is 1.44. The number of carbonyl (C=O) groups excluding carboxylic acids is 1. The van der Waals surface area contributed by atoms with Gasteiger partial charge in [-0.05, 0) is 23.8 Å². The zero-order valence-electron chi connectivity index (χ0n) is 10.6. The van der Waals surface area contributed by atoms with Gasteiger partial charge >= 0.3 is 11.9 Å². The second kappa shape index (κ2) is 6.06. The molecule has 0 radical (unpaired) electrons. The molecule has 0 aliphatic rings. The number of hydrogen-bond donors (Lipinski definition) is 5. The number of carboxylic acid groups (broad SMARTS) is 2. The fourth-order valence-corrected chi connectivity index (χ4v) is 1.44. The molecule has 0 saturated carbocycles. The highest BCUT2D eigenvalue weighted by Gasteiger charge is 2.44. The van der Waals surface area contributed by atoms with Gasteiger partial charge < -0.3 is 25.5 Å². The predicted octanol–water partition coefficient (Wildman–Crippen LogP) is -0.0295. The van der Waals surface area contributed by atoms with E-state index in [1.165, 1.54) is 6.07 Å². The Morgan fingerprint density at radius 2 is 1.71 bits per heavy atom. The highest BCUT2D eigenvalue weighted by molar-refractivity contribution is 6.14. The van der Waals surface area contributed by atoms with Crippen LogP contribution in [0.5, 0.6) is 11.5 Å². The van der Waals surface area contributed by atoms with Crippen molar-refractivity contribution in [3.05, 3.63) is 29.8 Å². The number of carbonyl (C=O) groups is 3. The lowest BCUT2D eigenvalue weighted by Gasteiger charge is -2.17. The van der Waals surface area contributed by atoms with E-state index in [-0.39, 0.29) is 11.3 Å². The largest absolute Gasteiger partial charge is 0.504 e. The molecule has 0 aliphatic heterocycles. The third-order valence-electron chi connectivity index (χ3n) is 2.60. The van der Waals surface area contributed by atoms with Crippen molar-refractivity contribution in [3.63, 3.8) is 0 Å². The lowest BCUT2D eigenvalue weighted by molar-refractivity contribution is -0.169. The van der Waals surface area contributed by atoms with Gasteiger partial charge in [0.1, 0.15) is 0 Å². The summed E-state index contributed by atoms with van der Waals surface area (Å²) in [5.74, 6) is -5.79. The van der Waals surface area contributed by atoms with E-state index in [0.717, 1.165) is 18.2 Å². The number of ketones is 1. The summed E-state index contributed by atoms with van der Waals surface area (Å²) in [5, 5.41) is 45.3. The average molecular weight is 296 g/mol. The number of hydrogen-bond acceptors (Lipinski definition) is 6. The van der Waals surface area contributed by atoms with Crippen LogP contribution in [-0.2, 0) is 14.4 Å². The van der Waals surface area contributed by atoms with E-state index in [1.54, 1.807) is 0 Å². The van der Waals surface area contributed by atoms with Gasteiger partial charge in [-0.1, -0.05) is 12.1 Å². The van der Waals surface area contributed by atoms with Gasteiger partial charge in [-0.3, -0.25) is 9.59 Å². The van der Waals surface area contributed by atoms with Gasteiger partial charge in [-0.2, -0.15) is 0 Å². The summed E-state index contributed by atoms with van der Waals surface area (Å²) in [6, 6.07) is 3.55. The monoisotopic (exact) mass is 296 g/mol. The van der Waals surface area contributed by atoms with E-state index >= 15 is 0 Å². The van der Waals surface area contributed by atoms with E-state index in [9.17, 15) is 24.6 Å². The Bertz CT molecular complexity index is 619. The van der Waals surface area contributed by atoms with Crippen LogP contribution in [-0.4, -0.2) is 48.9 Å². The lowest BCUT2D eigenvalue weighted by Crippen LogP contribution is -2.47. The van der Waals surface area contributed by atoms with Crippen molar-refractivity contribution >= 4 is 23.8 Å². The van der Waals surface area contributed by atoms with Crippen LogP contribution in [0.15, 0.2) is 24.3 Å². The molecular weight excluding hydrogens is 284 g/mol. The maximum Gasteiger partial charge on any atom is 0.344 e. The number of aliphatic hydroxyl groups is 1. The Labute approximate surface area is 118 Å². The second-order valence-corrected chi connectivity index (χ2v) is 4.18. The Balaban J connectivity index is 3.01. The Morgan fingerprint density at radius 3 is 2.19 bits per heavy atom. The molecule has 1 rings (SSSR count). The summed E-state index contributed by atoms with van der Waals surface area (Å²) < 4.78 is 0. The molecule has 1 aromatic carbocycles. The van der Waals surface area contributed by atoms with Crippen LogP contribution in [0.4, 0.5) is 0 Å². The number of phenolic OH excluding ortho intramolecular Hbond substituents is 2. The molecule has 0 aliphatic carbocycles. The number of benzene rings is 1. The highest BCUT2D eigenvalue weighted by atomic mass is 16.4. The third kappa shape index (κ3) is 3.80. The van der Waals surface area contributed by atoms with Crippen LogP contribution >= 0.6 is 0 Å². The highest BCUT2D eigenvalue weighted by Crippen LogP contribution is 2.25. The first-order valence-corrected chi connectivity index (χ1v) is 5.59. The van der Waals surface area contributed by atoms with Gasteiger partial charge in [-0.25, -0.2) is 4.79 Å². The molecule has 0 bridgehead atoms. The van der Waals surface area contributed by atoms with Crippen molar-refractivity contribution in [3.8, 4) is 11.5 Å². The first-order chi connectivity index (χ1) is 9.66. The quantitative estimate of drug-likeness (QED) is 0.279. The minimum atomic E-state index is -3.07. The van der Waals surface area contributed by atoms with Crippen LogP contribution < -0.4 is 0 Å². The third-order valence-corrected chi connectivity index (χ3v) is 2.60. The first-order valence-electron chi connectivity index (χ1n) is 5.59. The molecule has 8 heteroatoms. The summed E-state index contributed by atoms with van der Waals surface area (Å²) >= 11 is 0. The van der Waals surface area contributed by atoms with Crippen LogP contribution in [0.1, 0.15) is 12.0 Å². The van der Waals surface area contributed by atoms with Crippen molar-refractivity contribution in [1.82, 2.24) is 0 Å². The van der Waals surface area contributed by atoms with E-state index in [4.69, 9.17) is 15.3 Å². The van der Waals surface area contributed by atoms with E-state index < -0.39 is 35.5 Å². The van der Waals surface area contributed by atoms with E-state index in [2.05, 4.69) is 0 Å². The maximum atomic E-state index is 11.7. The summed E-state index contributed by atoms with van der Waals surface area (Å²) in [7, 11) is 0. The normalized spacial score (nSPS) is 13.8. The molecule has 8 nitrogen and oxygen atoms in total. The molecule has 112 valence electrons. The zero-order chi connectivity index (χ0) is 16.2. The first kappa shape index (κ1) is 16.2. The smallest absolute Gasteiger partial charge is 0.344 e. The van der Waals surface area contributed by atoms with Crippen LogP contribution in [0, 0.1) is 0 Å². The summed E-state index contributed by atoms with van der Waals surface area (Å²) in [6.07, 6.45) is 0.465. The van der Waals surface area contributed by atoms with Crippen LogP contribution in [0.25, 0.3) is 6.08 Å². The van der Waals surface area contributed by atoms with Gasteiger partial charge in [0.2, 0.25) is 5.60 Å². The minimum Gasteiger partial charge on any atom is -0.504 e. The van der Waals surface area contributed by atoms with E-state index in [0.29, 0.717) is 6.08 Å². The molecule has 0 saturated heterocycles. The van der Waals surface area contributed by atoms with Gasteiger partial charge in [0.05, 0.1) is 6.42 Å². The Hall–Kier alpha value is -2.87. The molecule has 0 fully saturated rings. The molecule has 0 amide bonds. The predicted molar refractivity (Wildman–Crippen MR) is 68.7 cm³/mol. The van der Waals surface area contributed by atoms with E-state index in [1.807, 2.05) is 0 Å². The molecule has 0 aromatic heterocycles. The fraction of sp³-hybridized carbons (Fsp3) is 0.154. The van der Waals surface area contributed by atoms with Crippen molar-refractivity contribution in [1.29, 1.82) is 0 Å². The number of aromatic hydroxyl groups is 2. The zero-order valence-corrected chi connectivity index (χ0v) is 10.6. The van der Waals surface area contributed by atoms with Crippen molar-refractivity contribution in [2.75, 3.05) is 0 Å². The van der Waals surface area contributed by atoms with Gasteiger partial charge in [0, 0.05) is 0 Å².